The van der Waals surface area contributed by atoms with Crippen molar-refractivity contribution in [2.45, 2.75) is 11.3 Å². The molecule has 0 spiro atoms. The molecule has 80 valence electrons. The first-order valence-corrected chi connectivity index (χ1v) is 5.98. The SMILES string of the molecule is CSc1ccccc1NC(=O)CC(N)=S. The topological polar surface area (TPSA) is 55.1 Å². The fraction of sp³-hybridized carbons (Fsp3) is 0.200. The van der Waals surface area contributed by atoms with Crippen molar-refractivity contribution in [3.63, 3.8) is 0 Å². The fourth-order valence-electron chi connectivity index (χ4n) is 1.10. The number of nitrogens with two attached hydrogens (primary N) is 1. The Morgan fingerprint density at radius 3 is 2.80 bits per heavy atom. The van der Waals surface area contributed by atoms with Gasteiger partial charge in [0.1, 0.15) is 0 Å². The van der Waals surface area contributed by atoms with Gasteiger partial charge in [-0.2, -0.15) is 0 Å². The molecule has 1 aromatic carbocycles. The van der Waals surface area contributed by atoms with Crippen LogP contribution in [-0.2, 0) is 4.79 Å². The fourth-order valence-corrected chi connectivity index (χ4v) is 1.79. The molecule has 0 atom stereocenters. The van der Waals surface area contributed by atoms with E-state index < -0.39 is 0 Å². The maximum Gasteiger partial charge on any atom is 0.231 e. The number of nitrogens with one attached hydrogen (secondary N) is 1. The van der Waals surface area contributed by atoms with Crippen molar-refractivity contribution < 1.29 is 4.79 Å². The van der Waals surface area contributed by atoms with E-state index in [1.807, 2.05) is 30.5 Å². The number of hydrogen-bond acceptors (Lipinski definition) is 3. The molecule has 0 heterocycles. The predicted molar refractivity (Wildman–Crippen MR) is 68.3 cm³/mol. The van der Waals surface area contributed by atoms with Crippen molar-refractivity contribution >= 4 is 40.6 Å². The van der Waals surface area contributed by atoms with Crippen LogP contribution in [0.15, 0.2) is 29.2 Å². The number of hydrogen-bond donors (Lipinski definition) is 2. The second-order valence-corrected chi connectivity index (χ2v) is 4.26. The highest BCUT2D eigenvalue weighted by atomic mass is 32.2. The molecule has 1 amide bonds. The number of thiocarbonyl (C=S) groups is 1. The van der Waals surface area contributed by atoms with E-state index in [4.69, 9.17) is 5.73 Å². The van der Waals surface area contributed by atoms with Crippen LogP contribution in [0.3, 0.4) is 0 Å². The number of anilines is 1. The van der Waals surface area contributed by atoms with Crippen molar-refractivity contribution in [1.82, 2.24) is 0 Å². The molecule has 0 aliphatic heterocycles. The van der Waals surface area contributed by atoms with Crippen LogP contribution in [0.1, 0.15) is 6.42 Å². The van der Waals surface area contributed by atoms with Crippen LogP contribution in [0.2, 0.25) is 0 Å². The summed E-state index contributed by atoms with van der Waals surface area (Å²) >= 11 is 6.24. The van der Waals surface area contributed by atoms with Crippen LogP contribution in [-0.4, -0.2) is 17.2 Å². The molecule has 0 fully saturated rings. The molecule has 1 aromatic rings. The number of carbonyl (C=O) groups is 1. The van der Waals surface area contributed by atoms with E-state index in [9.17, 15) is 4.79 Å². The minimum Gasteiger partial charge on any atom is -0.393 e. The van der Waals surface area contributed by atoms with E-state index >= 15 is 0 Å². The third-order valence-corrected chi connectivity index (χ3v) is 2.66. The number of amides is 1. The zero-order valence-corrected chi connectivity index (χ0v) is 9.95. The third-order valence-electron chi connectivity index (χ3n) is 1.72. The van der Waals surface area contributed by atoms with E-state index in [-0.39, 0.29) is 17.3 Å². The molecule has 3 N–H and O–H groups in total. The van der Waals surface area contributed by atoms with Gasteiger partial charge in [0.2, 0.25) is 5.91 Å². The molecule has 3 nitrogen and oxygen atoms in total. The van der Waals surface area contributed by atoms with E-state index in [0.717, 1.165) is 10.6 Å². The quantitative estimate of drug-likeness (QED) is 0.624. The minimum absolute atomic E-state index is 0.0814. The summed E-state index contributed by atoms with van der Waals surface area (Å²) in [6.45, 7) is 0. The summed E-state index contributed by atoms with van der Waals surface area (Å²) in [5, 5.41) is 2.77. The average Bonchev–Trinajstić information content (AvgIpc) is 2.17. The minimum atomic E-state index is -0.177. The highest BCUT2D eigenvalue weighted by molar-refractivity contribution is 7.98. The number of benzene rings is 1. The number of rotatable bonds is 4. The monoisotopic (exact) mass is 240 g/mol. The van der Waals surface area contributed by atoms with Gasteiger partial charge in [-0.15, -0.1) is 11.8 Å². The Kier molecular flexibility index (Phi) is 4.58. The van der Waals surface area contributed by atoms with Gasteiger partial charge in [-0.05, 0) is 18.4 Å². The molecule has 1 rings (SSSR count). The smallest absolute Gasteiger partial charge is 0.231 e. The van der Waals surface area contributed by atoms with Crippen LogP contribution in [0.25, 0.3) is 0 Å². The molecule has 0 aliphatic carbocycles. The molecule has 15 heavy (non-hydrogen) atoms. The molecule has 0 bridgehead atoms. The second-order valence-electron chi connectivity index (χ2n) is 2.89. The summed E-state index contributed by atoms with van der Waals surface area (Å²) in [5.74, 6) is -0.177. The maximum atomic E-state index is 11.4. The Balaban J connectivity index is 2.71. The number of carbonyl (C=O) groups excluding carboxylic acids is 1. The molecule has 0 radical (unpaired) electrons. The maximum absolute atomic E-state index is 11.4. The van der Waals surface area contributed by atoms with Crippen LogP contribution >= 0.6 is 24.0 Å². The zero-order valence-electron chi connectivity index (χ0n) is 8.32. The van der Waals surface area contributed by atoms with Gasteiger partial charge < -0.3 is 11.1 Å². The second kappa shape index (κ2) is 5.72. The molecular weight excluding hydrogens is 228 g/mol. The van der Waals surface area contributed by atoms with Crippen LogP contribution < -0.4 is 11.1 Å². The summed E-state index contributed by atoms with van der Waals surface area (Å²) in [7, 11) is 0. The average molecular weight is 240 g/mol. The Hall–Kier alpha value is -1.07. The normalized spacial score (nSPS) is 9.67. The van der Waals surface area contributed by atoms with Crippen LogP contribution in [0.4, 0.5) is 5.69 Å². The van der Waals surface area contributed by atoms with Gasteiger partial charge in [0.15, 0.2) is 0 Å². The van der Waals surface area contributed by atoms with Crippen molar-refractivity contribution in [2.75, 3.05) is 11.6 Å². The predicted octanol–water partition coefficient (Wildman–Crippen LogP) is 2.02. The molecule has 0 aliphatic rings. The lowest BCUT2D eigenvalue weighted by molar-refractivity contribution is -0.115. The lowest BCUT2D eigenvalue weighted by Crippen LogP contribution is -2.20. The first-order chi connectivity index (χ1) is 7.13. The lowest BCUT2D eigenvalue weighted by atomic mass is 10.3. The van der Waals surface area contributed by atoms with Gasteiger partial charge in [0.05, 0.1) is 17.1 Å². The van der Waals surface area contributed by atoms with E-state index in [0.29, 0.717) is 0 Å². The van der Waals surface area contributed by atoms with Gasteiger partial charge >= 0.3 is 0 Å². The summed E-state index contributed by atoms with van der Waals surface area (Å²) in [6.07, 6.45) is 2.04. The van der Waals surface area contributed by atoms with Gasteiger partial charge in [-0.1, -0.05) is 24.4 Å². The molecule has 0 saturated carbocycles. The first-order valence-electron chi connectivity index (χ1n) is 4.34. The van der Waals surface area contributed by atoms with Gasteiger partial charge in [0, 0.05) is 4.90 Å². The Labute approximate surface area is 98.4 Å². The van der Waals surface area contributed by atoms with E-state index in [1.165, 1.54) is 0 Å². The Morgan fingerprint density at radius 1 is 1.53 bits per heavy atom. The summed E-state index contributed by atoms with van der Waals surface area (Å²) in [5.41, 5.74) is 6.08. The highest BCUT2D eigenvalue weighted by Crippen LogP contribution is 2.24. The largest absolute Gasteiger partial charge is 0.393 e. The van der Waals surface area contributed by atoms with Crippen molar-refractivity contribution in [3.05, 3.63) is 24.3 Å². The van der Waals surface area contributed by atoms with Crippen LogP contribution in [0.5, 0.6) is 0 Å². The summed E-state index contributed by atoms with van der Waals surface area (Å²) in [4.78, 5) is 12.6. The van der Waals surface area contributed by atoms with Crippen molar-refractivity contribution in [3.8, 4) is 0 Å². The van der Waals surface area contributed by atoms with Gasteiger partial charge in [-0.25, -0.2) is 0 Å². The van der Waals surface area contributed by atoms with Crippen LogP contribution in [0, 0.1) is 0 Å². The van der Waals surface area contributed by atoms with Crippen molar-refractivity contribution in [2.24, 2.45) is 5.73 Å². The van der Waals surface area contributed by atoms with Gasteiger partial charge in [0.25, 0.3) is 0 Å². The third kappa shape index (κ3) is 3.89. The highest BCUT2D eigenvalue weighted by Gasteiger charge is 2.06. The molecule has 0 saturated heterocycles. The lowest BCUT2D eigenvalue weighted by Gasteiger charge is -2.08. The number of para-hydroxylation sites is 1. The molecule has 5 heteroatoms. The number of thioether (sulfide) groups is 1. The molecular formula is C10H12N2OS2. The molecule has 0 unspecified atom stereocenters. The Morgan fingerprint density at radius 2 is 2.20 bits per heavy atom. The molecule has 0 aromatic heterocycles. The van der Waals surface area contributed by atoms with E-state index in [1.54, 1.807) is 11.8 Å². The standard InChI is InChI=1S/C10H12N2OS2/c1-15-8-5-3-2-4-7(8)12-10(13)6-9(11)14/h2-5H,6H2,1H3,(H2,11,14)(H,12,13). The van der Waals surface area contributed by atoms with E-state index in [2.05, 4.69) is 17.5 Å². The zero-order chi connectivity index (χ0) is 11.3. The summed E-state index contributed by atoms with van der Waals surface area (Å²) < 4.78 is 0. The van der Waals surface area contributed by atoms with Gasteiger partial charge in [-0.3, -0.25) is 4.79 Å². The first kappa shape index (κ1) is 12.0. The summed E-state index contributed by atoms with van der Waals surface area (Å²) in [6, 6.07) is 7.59. The Bertz CT molecular complexity index is 379. The van der Waals surface area contributed by atoms with Crippen molar-refractivity contribution in [1.29, 1.82) is 0 Å².